The fraction of sp³-hybridized carbons (Fsp3) is 0.235. The van der Waals surface area contributed by atoms with E-state index in [1.807, 2.05) is 6.92 Å². The van der Waals surface area contributed by atoms with E-state index in [1.54, 1.807) is 18.2 Å². The van der Waals surface area contributed by atoms with Gasteiger partial charge in [-0.15, -0.1) is 0 Å². The number of anilines is 1. The van der Waals surface area contributed by atoms with Crippen LogP contribution in [0.5, 0.6) is 11.5 Å². The first-order chi connectivity index (χ1) is 11.8. The SMILES string of the molecule is COc1ccc(O[C@H](C)C(=O)Nc2cc(Cl)ccc2C)c([N+](=O)[O-])c1. The maximum atomic E-state index is 12.3. The zero-order chi connectivity index (χ0) is 18.6. The van der Waals surface area contributed by atoms with Crippen molar-refractivity contribution in [1.82, 2.24) is 0 Å². The topological polar surface area (TPSA) is 90.7 Å². The number of hydrogen-bond donors (Lipinski definition) is 1. The van der Waals surface area contributed by atoms with Crippen molar-refractivity contribution in [3.63, 3.8) is 0 Å². The molecule has 2 aromatic carbocycles. The van der Waals surface area contributed by atoms with Crippen LogP contribution in [0.3, 0.4) is 0 Å². The molecule has 1 amide bonds. The van der Waals surface area contributed by atoms with Crippen LogP contribution in [0.2, 0.25) is 5.02 Å². The number of benzene rings is 2. The van der Waals surface area contributed by atoms with E-state index in [9.17, 15) is 14.9 Å². The normalized spacial score (nSPS) is 11.5. The minimum Gasteiger partial charge on any atom is -0.496 e. The Bertz CT molecular complexity index is 810. The Hall–Kier alpha value is -2.80. The third-order valence-corrected chi connectivity index (χ3v) is 3.73. The third-order valence-electron chi connectivity index (χ3n) is 3.49. The monoisotopic (exact) mass is 364 g/mol. The highest BCUT2D eigenvalue weighted by molar-refractivity contribution is 6.31. The van der Waals surface area contributed by atoms with E-state index in [-0.39, 0.29) is 11.4 Å². The second-order valence-corrected chi connectivity index (χ2v) is 5.74. The molecular weight excluding hydrogens is 348 g/mol. The Kier molecular flexibility index (Phi) is 5.82. The minimum atomic E-state index is -0.953. The van der Waals surface area contributed by atoms with E-state index in [0.717, 1.165) is 5.56 Å². The molecule has 0 fully saturated rings. The zero-order valence-electron chi connectivity index (χ0n) is 13.9. The van der Waals surface area contributed by atoms with Crippen molar-refractivity contribution in [1.29, 1.82) is 0 Å². The smallest absolute Gasteiger partial charge is 0.314 e. The average Bonchev–Trinajstić information content (AvgIpc) is 2.58. The van der Waals surface area contributed by atoms with Crippen LogP contribution in [0.1, 0.15) is 12.5 Å². The lowest BCUT2D eigenvalue weighted by atomic mass is 10.2. The van der Waals surface area contributed by atoms with E-state index < -0.39 is 16.9 Å². The highest BCUT2D eigenvalue weighted by atomic mass is 35.5. The molecule has 0 aromatic heterocycles. The summed E-state index contributed by atoms with van der Waals surface area (Å²) in [5.74, 6) is -0.141. The van der Waals surface area contributed by atoms with Gasteiger partial charge in [0.15, 0.2) is 11.9 Å². The van der Waals surface area contributed by atoms with E-state index in [0.29, 0.717) is 16.5 Å². The van der Waals surface area contributed by atoms with Gasteiger partial charge in [-0.25, -0.2) is 0 Å². The van der Waals surface area contributed by atoms with Crippen LogP contribution in [0.15, 0.2) is 36.4 Å². The van der Waals surface area contributed by atoms with Gasteiger partial charge in [0.2, 0.25) is 0 Å². The third kappa shape index (κ3) is 4.60. The van der Waals surface area contributed by atoms with Gasteiger partial charge < -0.3 is 14.8 Å². The maximum Gasteiger partial charge on any atom is 0.314 e. The van der Waals surface area contributed by atoms with Crippen molar-refractivity contribution in [3.05, 3.63) is 57.1 Å². The standard InChI is InChI=1S/C17H17ClN2O5/c1-10-4-5-12(18)8-14(10)19-17(21)11(2)25-16-7-6-13(24-3)9-15(16)20(22)23/h4-9,11H,1-3H3,(H,19,21)/t11-/m1/s1. The summed E-state index contributed by atoms with van der Waals surface area (Å²) < 4.78 is 10.4. The first kappa shape index (κ1) is 18.5. The molecule has 8 heteroatoms. The first-order valence-corrected chi connectivity index (χ1v) is 7.75. The van der Waals surface area contributed by atoms with Crippen LogP contribution in [-0.4, -0.2) is 24.0 Å². The summed E-state index contributed by atoms with van der Waals surface area (Å²) in [5, 5.41) is 14.4. The minimum absolute atomic E-state index is 0.0173. The van der Waals surface area contributed by atoms with Crippen molar-refractivity contribution >= 4 is 28.9 Å². The molecule has 0 aliphatic rings. The lowest BCUT2D eigenvalue weighted by Gasteiger charge is -2.16. The van der Waals surface area contributed by atoms with Gasteiger partial charge >= 0.3 is 5.69 Å². The first-order valence-electron chi connectivity index (χ1n) is 7.38. The molecule has 0 saturated heterocycles. The van der Waals surface area contributed by atoms with Gasteiger partial charge in [0.25, 0.3) is 5.91 Å². The van der Waals surface area contributed by atoms with Gasteiger partial charge in [-0.05, 0) is 43.7 Å². The highest BCUT2D eigenvalue weighted by Crippen LogP contribution is 2.32. The Balaban J connectivity index is 2.16. The number of aryl methyl sites for hydroxylation is 1. The molecule has 25 heavy (non-hydrogen) atoms. The summed E-state index contributed by atoms with van der Waals surface area (Å²) in [4.78, 5) is 22.9. The molecule has 7 nitrogen and oxygen atoms in total. The molecule has 0 aliphatic carbocycles. The number of methoxy groups -OCH3 is 1. The van der Waals surface area contributed by atoms with Gasteiger partial charge in [-0.3, -0.25) is 14.9 Å². The predicted molar refractivity (Wildman–Crippen MR) is 94.6 cm³/mol. The quantitative estimate of drug-likeness (QED) is 0.618. The van der Waals surface area contributed by atoms with Crippen molar-refractivity contribution in [3.8, 4) is 11.5 Å². The Morgan fingerprint density at radius 1 is 1.28 bits per heavy atom. The fourth-order valence-corrected chi connectivity index (χ4v) is 2.25. The second-order valence-electron chi connectivity index (χ2n) is 5.30. The number of carbonyl (C=O) groups excluding carboxylic acids is 1. The molecule has 0 aliphatic heterocycles. The number of rotatable bonds is 6. The van der Waals surface area contributed by atoms with Crippen LogP contribution < -0.4 is 14.8 Å². The Morgan fingerprint density at radius 2 is 2.00 bits per heavy atom. The summed E-state index contributed by atoms with van der Waals surface area (Å²) in [7, 11) is 1.41. The number of hydrogen-bond acceptors (Lipinski definition) is 5. The average molecular weight is 365 g/mol. The molecular formula is C17H17ClN2O5. The van der Waals surface area contributed by atoms with Gasteiger partial charge in [0.1, 0.15) is 5.75 Å². The van der Waals surface area contributed by atoms with Crippen molar-refractivity contribution in [2.75, 3.05) is 12.4 Å². The zero-order valence-corrected chi connectivity index (χ0v) is 14.7. The van der Waals surface area contributed by atoms with E-state index in [1.165, 1.54) is 32.2 Å². The van der Waals surface area contributed by atoms with E-state index in [4.69, 9.17) is 21.1 Å². The highest BCUT2D eigenvalue weighted by Gasteiger charge is 2.22. The molecule has 0 bridgehead atoms. The van der Waals surface area contributed by atoms with Crippen molar-refractivity contribution in [2.45, 2.75) is 20.0 Å². The number of nitro benzene ring substituents is 1. The number of nitro groups is 1. The second kappa shape index (κ2) is 7.85. The van der Waals surface area contributed by atoms with Gasteiger partial charge in [-0.2, -0.15) is 0 Å². The van der Waals surface area contributed by atoms with E-state index in [2.05, 4.69) is 5.32 Å². The number of halogens is 1. The van der Waals surface area contributed by atoms with Crippen molar-refractivity contribution < 1.29 is 19.2 Å². The number of carbonyl (C=O) groups is 1. The van der Waals surface area contributed by atoms with Crippen molar-refractivity contribution in [2.24, 2.45) is 0 Å². The molecule has 2 aromatic rings. The summed E-state index contributed by atoms with van der Waals surface area (Å²) >= 11 is 5.92. The van der Waals surface area contributed by atoms with E-state index >= 15 is 0 Å². The van der Waals surface area contributed by atoms with Crippen LogP contribution in [-0.2, 0) is 4.79 Å². The van der Waals surface area contributed by atoms with Crippen LogP contribution >= 0.6 is 11.6 Å². The number of nitrogens with zero attached hydrogens (tertiary/aromatic N) is 1. The molecule has 1 N–H and O–H groups in total. The lowest BCUT2D eigenvalue weighted by molar-refractivity contribution is -0.386. The molecule has 0 heterocycles. The molecule has 0 unspecified atom stereocenters. The maximum absolute atomic E-state index is 12.3. The summed E-state index contributed by atoms with van der Waals surface area (Å²) in [5.41, 5.74) is 1.11. The molecule has 2 rings (SSSR count). The van der Waals surface area contributed by atoms with Crippen LogP contribution in [0.4, 0.5) is 11.4 Å². The van der Waals surface area contributed by atoms with Gasteiger partial charge in [0, 0.05) is 10.7 Å². The number of ether oxygens (including phenoxy) is 2. The fourth-order valence-electron chi connectivity index (χ4n) is 2.07. The number of nitrogens with one attached hydrogen (secondary N) is 1. The van der Waals surface area contributed by atoms with Crippen LogP contribution in [0.25, 0.3) is 0 Å². The summed E-state index contributed by atoms with van der Waals surface area (Å²) in [6.07, 6.45) is -0.953. The predicted octanol–water partition coefficient (Wildman–Crippen LogP) is 3.97. The molecule has 0 saturated carbocycles. The largest absolute Gasteiger partial charge is 0.496 e. The number of amides is 1. The molecule has 1 atom stereocenters. The van der Waals surface area contributed by atoms with Gasteiger partial charge in [0.05, 0.1) is 18.1 Å². The Labute approximate surface area is 149 Å². The summed E-state index contributed by atoms with van der Waals surface area (Å²) in [6, 6.07) is 9.27. The molecule has 0 spiro atoms. The molecule has 132 valence electrons. The van der Waals surface area contributed by atoms with Crippen LogP contribution in [0, 0.1) is 17.0 Å². The Morgan fingerprint density at radius 3 is 2.64 bits per heavy atom. The van der Waals surface area contributed by atoms with Gasteiger partial charge in [-0.1, -0.05) is 17.7 Å². The lowest BCUT2D eigenvalue weighted by Crippen LogP contribution is -2.30. The molecule has 0 radical (unpaired) electrons. The summed E-state index contributed by atoms with van der Waals surface area (Å²) in [6.45, 7) is 3.33.